The molecule has 4 heteroatoms. The highest BCUT2D eigenvalue weighted by Gasteiger charge is 2.09. The second kappa shape index (κ2) is 24.9. The van der Waals surface area contributed by atoms with Gasteiger partial charge in [-0.25, -0.2) is 0 Å². The minimum absolute atomic E-state index is 0.0170. The predicted molar refractivity (Wildman–Crippen MR) is 121 cm³/mol. The van der Waals surface area contributed by atoms with E-state index in [1.807, 2.05) is 0 Å². The van der Waals surface area contributed by atoms with Gasteiger partial charge in [-0.1, -0.05) is 84.5 Å². The molecule has 0 aliphatic rings. The van der Waals surface area contributed by atoms with Crippen molar-refractivity contribution >= 4 is 0 Å². The molecule has 0 fully saturated rings. The Morgan fingerprint density at radius 2 is 1.11 bits per heavy atom. The molecular weight excluding hydrogens is 350 g/mol. The van der Waals surface area contributed by atoms with Gasteiger partial charge in [-0.3, -0.25) is 0 Å². The van der Waals surface area contributed by atoms with Gasteiger partial charge in [0.15, 0.2) is 6.29 Å². The smallest absolute Gasteiger partial charge is 0.157 e. The van der Waals surface area contributed by atoms with Crippen LogP contribution < -0.4 is 5.32 Å². The highest BCUT2D eigenvalue weighted by molar-refractivity contribution is 4.53. The number of hydrogen-bond acceptors (Lipinski definition) is 4. The Hall–Kier alpha value is -0.160. The maximum absolute atomic E-state index is 8.77. The molecule has 0 amide bonds. The Bertz CT molecular complexity index is 234. The van der Waals surface area contributed by atoms with Crippen molar-refractivity contribution in [3.63, 3.8) is 0 Å². The zero-order chi connectivity index (χ0) is 20.5. The van der Waals surface area contributed by atoms with Crippen LogP contribution in [-0.2, 0) is 9.47 Å². The summed E-state index contributed by atoms with van der Waals surface area (Å²) in [5.41, 5.74) is 0. The number of nitrogens with one attached hydrogen (secondary N) is 1. The molecule has 0 atom stereocenters. The molecule has 0 saturated carbocycles. The largest absolute Gasteiger partial charge is 0.395 e. The minimum Gasteiger partial charge on any atom is -0.395 e. The second-order valence-electron chi connectivity index (χ2n) is 8.03. The third-order valence-corrected chi connectivity index (χ3v) is 5.19. The fourth-order valence-electron chi connectivity index (χ4n) is 3.35. The van der Waals surface area contributed by atoms with E-state index in [-0.39, 0.29) is 12.9 Å². The van der Waals surface area contributed by atoms with E-state index in [1.165, 1.54) is 70.6 Å². The summed E-state index contributed by atoms with van der Waals surface area (Å²) in [5.74, 6) is 0. The summed E-state index contributed by atoms with van der Waals surface area (Å²) in [4.78, 5) is 0. The third-order valence-electron chi connectivity index (χ3n) is 5.19. The summed E-state index contributed by atoms with van der Waals surface area (Å²) in [6, 6.07) is 0. The van der Waals surface area contributed by atoms with Crippen LogP contribution in [0.3, 0.4) is 0 Å². The van der Waals surface area contributed by atoms with E-state index in [2.05, 4.69) is 19.2 Å². The zero-order valence-electron chi connectivity index (χ0n) is 19.2. The molecule has 0 heterocycles. The Kier molecular flexibility index (Phi) is 24.7. The van der Waals surface area contributed by atoms with Crippen molar-refractivity contribution in [1.29, 1.82) is 0 Å². The van der Waals surface area contributed by atoms with Gasteiger partial charge in [0.1, 0.15) is 0 Å². The monoisotopic (exact) mass is 401 g/mol. The van der Waals surface area contributed by atoms with Crippen LogP contribution in [0.2, 0.25) is 0 Å². The van der Waals surface area contributed by atoms with Gasteiger partial charge in [-0.15, -0.1) is 0 Å². The molecule has 170 valence electrons. The van der Waals surface area contributed by atoms with Crippen molar-refractivity contribution in [3.8, 4) is 0 Å². The Labute approximate surface area is 176 Å². The molecule has 4 nitrogen and oxygen atoms in total. The first-order chi connectivity index (χ1) is 13.8. The van der Waals surface area contributed by atoms with E-state index in [1.54, 1.807) is 0 Å². The molecule has 0 aromatic carbocycles. The lowest BCUT2D eigenvalue weighted by molar-refractivity contribution is -0.148. The van der Waals surface area contributed by atoms with Gasteiger partial charge >= 0.3 is 0 Å². The summed E-state index contributed by atoms with van der Waals surface area (Å²) in [5, 5.41) is 12.0. The van der Waals surface area contributed by atoms with Gasteiger partial charge in [0.2, 0.25) is 0 Å². The summed E-state index contributed by atoms with van der Waals surface area (Å²) in [6.45, 7) is 8.11. The van der Waals surface area contributed by atoms with Crippen LogP contribution in [0.4, 0.5) is 0 Å². The molecule has 0 aliphatic heterocycles. The summed E-state index contributed by atoms with van der Waals surface area (Å²) >= 11 is 0. The molecule has 28 heavy (non-hydrogen) atoms. The van der Waals surface area contributed by atoms with Gasteiger partial charge in [0, 0.05) is 19.8 Å². The maximum atomic E-state index is 8.77. The van der Waals surface area contributed by atoms with Crippen molar-refractivity contribution in [2.45, 2.75) is 123 Å². The van der Waals surface area contributed by atoms with E-state index < -0.39 is 0 Å². The van der Waals surface area contributed by atoms with Crippen molar-refractivity contribution in [3.05, 3.63) is 0 Å². The second-order valence-corrected chi connectivity index (χ2v) is 8.03. The Balaban J connectivity index is 3.80. The number of unbranched alkanes of at least 4 members (excludes halogenated alkanes) is 12. The number of aliphatic hydroxyl groups excluding tert-OH is 1. The number of hydrogen-bond donors (Lipinski definition) is 2. The molecule has 0 unspecified atom stereocenters. The summed E-state index contributed by atoms with van der Waals surface area (Å²) in [7, 11) is 0. The molecule has 0 bridgehead atoms. The van der Waals surface area contributed by atoms with Gasteiger partial charge in [0.25, 0.3) is 0 Å². The average Bonchev–Trinajstić information content (AvgIpc) is 2.71. The average molecular weight is 402 g/mol. The fraction of sp³-hybridized carbons (Fsp3) is 1.00. The lowest BCUT2D eigenvalue weighted by atomic mass is 10.1. The quantitative estimate of drug-likeness (QED) is 0.149. The first-order valence-electron chi connectivity index (χ1n) is 12.4. The van der Waals surface area contributed by atoms with Crippen molar-refractivity contribution < 1.29 is 14.6 Å². The van der Waals surface area contributed by atoms with Gasteiger partial charge < -0.3 is 19.9 Å². The van der Waals surface area contributed by atoms with Crippen LogP contribution in [0.1, 0.15) is 117 Å². The minimum atomic E-state index is -0.0170. The lowest BCUT2D eigenvalue weighted by Crippen LogP contribution is -2.20. The van der Waals surface area contributed by atoms with E-state index in [0.29, 0.717) is 6.54 Å². The van der Waals surface area contributed by atoms with Crippen LogP contribution in [0.5, 0.6) is 0 Å². The first-order valence-corrected chi connectivity index (χ1v) is 12.4. The molecule has 0 aliphatic carbocycles. The molecular formula is C24H51NO3. The Morgan fingerprint density at radius 1 is 0.607 bits per heavy atom. The van der Waals surface area contributed by atoms with Crippen LogP contribution in [0.25, 0.3) is 0 Å². The predicted octanol–water partition coefficient (Wildman–Crippen LogP) is 6.21. The Morgan fingerprint density at radius 3 is 1.64 bits per heavy atom. The van der Waals surface area contributed by atoms with Crippen LogP contribution in [-0.4, -0.2) is 44.3 Å². The number of ether oxygens (including phenoxy) is 2. The molecule has 0 radical (unpaired) electrons. The first kappa shape index (κ1) is 27.8. The molecule has 0 aromatic heterocycles. The molecule has 0 spiro atoms. The standard InChI is InChI=1S/C24H51NO3/c1-3-5-7-9-11-16-22-27-24(18-14-13-15-19-25-20-21-26)28-23-17-12-10-8-6-4-2/h24-26H,3-23H2,1-2H3. The van der Waals surface area contributed by atoms with E-state index in [0.717, 1.165) is 51.9 Å². The highest BCUT2D eigenvalue weighted by Crippen LogP contribution is 2.12. The molecule has 0 rings (SSSR count). The normalized spacial score (nSPS) is 11.6. The number of rotatable bonds is 24. The number of aliphatic hydroxyl groups is 1. The molecule has 2 N–H and O–H groups in total. The highest BCUT2D eigenvalue weighted by atomic mass is 16.7. The zero-order valence-corrected chi connectivity index (χ0v) is 19.2. The molecule has 0 saturated heterocycles. The van der Waals surface area contributed by atoms with Gasteiger partial charge in [-0.2, -0.15) is 0 Å². The van der Waals surface area contributed by atoms with Crippen LogP contribution in [0, 0.1) is 0 Å². The SMILES string of the molecule is CCCCCCCCOC(CCCCCNCCO)OCCCCCCCC. The van der Waals surface area contributed by atoms with Crippen molar-refractivity contribution in [2.75, 3.05) is 32.9 Å². The van der Waals surface area contributed by atoms with Crippen molar-refractivity contribution in [1.82, 2.24) is 5.32 Å². The van der Waals surface area contributed by atoms with Gasteiger partial charge in [0.05, 0.1) is 6.61 Å². The maximum Gasteiger partial charge on any atom is 0.157 e. The third kappa shape index (κ3) is 22.1. The van der Waals surface area contributed by atoms with Crippen molar-refractivity contribution in [2.24, 2.45) is 0 Å². The fourth-order valence-corrected chi connectivity index (χ4v) is 3.35. The van der Waals surface area contributed by atoms with E-state index >= 15 is 0 Å². The van der Waals surface area contributed by atoms with Gasteiger partial charge in [-0.05, 0) is 38.6 Å². The topological polar surface area (TPSA) is 50.7 Å². The van der Waals surface area contributed by atoms with E-state index in [4.69, 9.17) is 14.6 Å². The lowest BCUT2D eigenvalue weighted by Gasteiger charge is -2.19. The molecule has 0 aromatic rings. The van der Waals surface area contributed by atoms with Crippen LogP contribution >= 0.6 is 0 Å². The summed E-state index contributed by atoms with van der Waals surface area (Å²) < 4.78 is 12.1. The van der Waals surface area contributed by atoms with E-state index in [9.17, 15) is 0 Å². The van der Waals surface area contributed by atoms with Crippen LogP contribution in [0.15, 0.2) is 0 Å². The summed E-state index contributed by atoms with van der Waals surface area (Å²) in [6.07, 6.45) is 20.1.